The molecule has 1 aliphatic rings. The van der Waals surface area contributed by atoms with Crippen LogP contribution in [0.2, 0.25) is 0 Å². The van der Waals surface area contributed by atoms with Gasteiger partial charge in [0.15, 0.2) is 0 Å². The molecule has 5 nitrogen and oxygen atoms in total. The summed E-state index contributed by atoms with van der Waals surface area (Å²) in [5, 5.41) is 0. The molecular weight excluding hydrogens is 295 g/mol. The first kappa shape index (κ1) is 15.9. The Hall–Kier alpha value is -1.47. The van der Waals surface area contributed by atoms with E-state index in [0.717, 1.165) is 12.8 Å². The zero-order chi connectivity index (χ0) is 15.5. The summed E-state index contributed by atoms with van der Waals surface area (Å²) in [6.07, 6.45) is 1.77. The van der Waals surface area contributed by atoms with Gasteiger partial charge in [0.2, 0.25) is 5.91 Å². The fraction of sp³-hybridized carbons (Fsp3) is 0.500. The van der Waals surface area contributed by atoms with Crippen molar-refractivity contribution in [2.24, 2.45) is 5.92 Å². The van der Waals surface area contributed by atoms with Crippen LogP contribution in [-0.4, -0.2) is 31.7 Å². The minimum atomic E-state index is -3.77. The maximum atomic E-state index is 13.5. The summed E-state index contributed by atoms with van der Waals surface area (Å²) in [7, 11) is -3.77. The van der Waals surface area contributed by atoms with Crippen LogP contribution < -0.4 is 4.72 Å². The molecule has 0 aliphatic carbocycles. The molecule has 0 spiro atoms. The number of carbonyl (C=O) groups excluding carboxylic acids is 1. The van der Waals surface area contributed by atoms with Crippen molar-refractivity contribution >= 4 is 16.1 Å². The monoisotopic (exact) mass is 314 g/mol. The molecule has 1 unspecified atom stereocenters. The molecule has 1 aromatic carbocycles. The highest BCUT2D eigenvalue weighted by atomic mass is 32.2. The molecule has 0 radical (unpaired) electrons. The molecule has 21 heavy (non-hydrogen) atoms. The summed E-state index contributed by atoms with van der Waals surface area (Å²) in [4.78, 5) is 12.0. The number of nitrogens with one attached hydrogen (secondary N) is 1. The molecule has 1 atom stereocenters. The Bertz CT molecular complexity index is 612. The molecule has 7 heteroatoms. The van der Waals surface area contributed by atoms with Crippen LogP contribution in [0.4, 0.5) is 4.39 Å². The number of amides is 1. The van der Waals surface area contributed by atoms with Crippen LogP contribution in [0.25, 0.3) is 0 Å². The van der Waals surface area contributed by atoms with E-state index in [1.807, 2.05) is 0 Å². The normalized spacial score (nSPS) is 17.6. The van der Waals surface area contributed by atoms with E-state index in [-0.39, 0.29) is 12.2 Å². The molecule has 1 saturated heterocycles. The average Bonchev–Trinajstić information content (AvgIpc) is 2.95. The number of halogens is 1. The summed E-state index contributed by atoms with van der Waals surface area (Å²) in [6.45, 7) is 2.45. The van der Waals surface area contributed by atoms with Crippen LogP contribution >= 0.6 is 0 Å². The molecule has 0 bridgehead atoms. The van der Waals surface area contributed by atoms with Crippen molar-refractivity contribution in [3.05, 3.63) is 35.6 Å². The summed E-state index contributed by atoms with van der Waals surface area (Å²) in [5.74, 6) is -1.62. The molecule has 0 saturated carbocycles. The first-order valence-corrected chi connectivity index (χ1v) is 8.39. The van der Waals surface area contributed by atoms with Crippen LogP contribution in [0.15, 0.2) is 24.3 Å². The molecule has 2 rings (SSSR count). The summed E-state index contributed by atoms with van der Waals surface area (Å²) in [5.41, 5.74) is 0.402. The van der Waals surface area contributed by atoms with E-state index in [0.29, 0.717) is 18.7 Å². The van der Waals surface area contributed by atoms with Crippen molar-refractivity contribution in [1.29, 1.82) is 0 Å². The van der Waals surface area contributed by atoms with Gasteiger partial charge in [-0.2, -0.15) is 12.7 Å². The minimum absolute atomic E-state index is 0.161. The molecule has 1 heterocycles. The lowest BCUT2D eigenvalue weighted by Gasteiger charge is -2.18. The Kier molecular flexibility index (Phi) is 4.95. The first-order valence-electron chi connectivity index (χ1n) is 6.95. The Morgan fingerprint density at radius 1 is 1.33 bits per heavy atom. The van der Waals surface area contributed by atoms with Crippen molar-refractivity contribution in [3.63, 3.8) is 0 Å². The summed E-state index contributed by atoms with van der Waals surface area (Å²) >= 11 is 0. The lowest BCUT2D eigenvalue weighted by Crippen LogP contribution is -2.44. The molecule has 116 valence electrons. The standard InChI is InChI=1S/C14H19FN2O3S/c1-11(10-12-6-2-3-7-13(12)15)14(18)16-21(19,20)17-8-4-5-9-17/h2-3,6-7,11H,4-5,8-10H2,1H3,(H,16,18). The Balaban J connectivity index is 1.98. The zero-order valence-electron chi connectivity index (χ0n) is 11.9. The molecule has 1 fully saturated rings. The molecule has 1 aliphatic heterocycles. The second kappa shape index (κ2) is 6.53. The van der Waals surface area contributed by atoms with E-state index in [1.54, 1.807) is 25.1 Å². The fourth-order valence-electron chi connectivity index (χ4n) is 2.31. The third-order valence-corrected chi connectivity index (χ3v) is 5.07. The second-order valence-corrected chi connectivity index (χ2v) is 6.94. The number of hydrogen-bond acceptors (Lipinski definition) is 3. The molecule has 1 N–H and O–H groups in total. The van der Waals surface area contributed by atoms with E-state index in [2.05, 4.69) is 4.72 Å². The van der Waals surface area contributed by atoms with Gasteiger partial charge in [-0.25, -0.2) is 9.11 Å². The maximum absolute atomic E-state index is 13.5. The van der Waals surface area contributed by atoms with E-state index < -0.39 is 22.0 Å². The van der Waals surface area contributed by atoms with Crippen molar-refractivity contribution < 1.29 is 17.6 Å². The molecular formula is C14H19FN2O3S. The minimum Gasteiger partial charge on any atom is -0.274 e. The van der Waals surface area contributed by atoms with Gasteiger partial charge in [0.25, 0.3) is 0 Å². The third kappa shape index (κ3) is 4.01. The number of hydrogen-bond donors (Lipinski definition) is 1. The smallest absolute Gasteiger partial charge is 0.274 e. The predicted octanol–water partition coefficient (Wildman–Crippen LogP) is 1.46. The number of carbonyl (C=O) groups is 1. The first-order chi connectivity index (χ1) is 9.90. The average molecular weight is 314 g/mol. The van der Waals surface area contributed by atoms with Gasteiger partial charge in [-0.1, -0.05) is 25.1 Å². The largest absolute Gasteiger partial charge is 0.303 e. The van der Waals surface area contributed by atoms with Crippen molar-refractivity contribution in [2.45, 2.75) is 26.2 Å². The zero-order valence-corrected chi connectivity index (χ0v) is 12.7. The lowest BCUT2D eigenvalue weighted by atomic mass is 10.0. The van der Waals surface area contributed by atoms with Crippen molar-refractivity contribution in [2.75, 3.05) is 13.1 Å². The van der Waals surface area contributed by atoms with Gasteiger partial charge in [-0.15, -0.1) is 0 Å². The SMILES string of the molecule is CC(Cc1ccccc1F)C(=O)NS(=O)(=O)N1CCCC1. The summed E-state index contributed by atoms with van der Waals surface area (Å²) in [6, 6.07) is 6.17. The molecule has 1 amide bonds. The third-order valence-electron chi connectivity index (χ3n) is 3.57. The molecule has 1 aromatic rings. The van der Waals surface area contributed by atoms with Gasteiger partial charge in [0.1, 0.15) is 5.82 Å². The van der Waals surface area contributed by atoms with E-state index >= 15 is 0 Å². The Morgan fingerprint density at radius 2 is 1.95 bits per heavy atom. The number of rotatable bonds is 5. The van der Waals surface area contributed by atoms with E-state index in [1.165, 1.54) is 10.4 Å². The van der Waals surface area contributed by atoms with Crippen LogP contribution in [0.3, 0.4) is 0 Å². The van der Waals surface area contributed by atoms with Crippen LogP contribution in [0, 0.1) is 11.7 Å². The Morgan fingerprint density at radius 3 is 2.57 bits per heavy atom. The number of benzene rings is 1. The van der Waals surface area contributed by atoms with Gasteiger partial charge >= 0.3 is 10.2 Å². The quantitative estimate of drug-likeness (QED) is 0.895. The second-order valence-electron chi connectivity index (χ2n) is 5.27. The Labute approximate surface area is 124 Å². The van der Waals surface area contributed by atoms with Crippen LogP contribution in [0.5, 0.6) is 0 Å². The lowest BCUT2D eigenvalue weighted by molar-refractivity contribution is -0.122. The van der Waals surface area contributed by atoms with Gasteiger partial charge in [-0.05, 0) is 30.9 Å². The summed E-state index contributed by atoms with van der Waals surface area (Å²) < 4.78 is 40.9. The maximum Gasteiger partial charge on any atom is 0.303 e. The highest BCUT2D eigenvalue weighted by Crippen LogP contribution is 2.15. The van der Waals surface area contributed by atoms with Crippen molar-refractivity contribution in [1.82, 2.24) is 9.03 Å². The van der Waals surface area contributed by atoms with Crippen molar-refractivity contribution in [3.8, 4) is 0 Å². The topological polar surface area (TPSA) is 66.5 Å². The van der Waals surface area contributed by atoms with Crippen LogP contribution in [0.1, 0.15) is 25.3 Å². The van der Waals surface area contributed by atoms with E-state index in [9.17, 15) is 17.6 Å². The molecule has 0 aromatic heterocycles. The van der Waals surface area contributed by atoms with Gasteiger partial charge in [0.05, 0.1) is 0 Å². The predicted molar refractivity (Wildman–Crippen MR) is 77.1 cm³/mol. The van der Waals surface area contributed by atoms with Gasteiger partial charge in [0, 0.05) is 19.0 Å². The van der Waals surface area contributed by atoms with Gasteiger partial charge < -0.3 is 0 Å². The highest BCUT2D eigenvalue weighted by Gasteiger charge is 2.28. The van der Waals surface area contributed by atoms with Crippen LogP contribution in [-0.2, 0) is 21.4 Å². The highest BCUT2D eigenvalue weighted by molar-refractivity contribution is 7.87. The number of nitrogens with zero attached hydrogens (tertiary/aromatic N) is 1. The fourth-order valence-corrected chi connectivity index (χ4v) is 3.63. The van der Waals surface area contributed by atoms with Gasteiger partial charge in [-0.3, -0.25) is 4.79 Å². The van der Waals surface area contributed by atoms with E-state index in [4.69, 9.17) is 0 Å².